The molecule has 1 aromatic rings. The van der Waals surface area contributed by atoms with Gasteiger partial charge in [0.2, 0.25) is 5.91 Å². The number of benzene rings is 1. The van der Waals surface area contributed by atoms with Crippen LogP contribution in [0.25, 0.3) is 0 Å². The quantitative estimate of drug-likeness (QED) is 0.262. The number of ketones is 1. The molecule has 0 aromatic heterocycles. The molecule has 2 unspecified atom stereocenters. The summed E-state index contributed by atoms with van der Waals surface area (Å²) < 4.78 is 19.7. The molecular weight excluding hydrogens is 615 g/mol. The van der Waals surface area contributed by atoms with Crippen molar-refractivity contribution in [2.45, 2.75) is 109 Å². The molecule has 5 fully saturated rings. The van der Waals surface area contributed by atoms with Crippen molar-refractivity contribution in [1.82, 2.24) is 4.90 Å². The van der Waals surface area contributed by atoms with Gasteiger partial charge in [0.15, 0.2) is 0 Å². The molecule has 2 bridgehead atoms. The summed E-state index contributed by atoms with van der Waals surface area (Å²) in [5.74, 6) is -0.275. The number of thioether (sulfide) groups is 1. The van der Waals surface area contributed by atoms with Gasteiger partial charge in [0.25, 0.3) is 0 Å². The van der Waals surface area contributed by atoms with Crippen LogP contribution in [0.3, 0.4) is 0 Å². The van der Waals surface area contributed by atoms with E-state index in [9.17, 15) is 23.9 Å². The number of Topliss-reactive ketones (excluding diaryl/α,β-unsaturated/α-hetero) is 1. The fourth-order valence-corrected chi connectivity index (χ4v) is 11.9. The Bertz CT molecular complexity index is 1390. The Balaban J connectivity index is 1.06. The van der Waals surface area contributed by atoms with E-state index in [2.05, 4.69) is 27.4 Å². The van der Waals surface area contributed by atoms with Gasteiger partial charge in [0, 0.05) is 41.5 Å². The lowest BCUT2D eigenvalue weighted by Crippen LogP contribution is -2.63. The predicted octanol–water partition coefficient (Wildman–Crippen LogP) is 6.24. The number of esters is 1. The van der Waals surface area contributed by atoms with Crippen molar-refractivity contribution >= 4 is 29.4 Å². The maximum Gasteiger partial charge on any atom is 0.316 e. The Morgan fingerprint density at radius 3 is 2.43 bits per heavy atom. The highest BCUT2D eigenvalue weighted by Gasteiger charge is 2.68. The summed E-state index contributed by atoms with van der Waals surface area (Å²) >= 11 is 1.65. The highest BCUT2D eigenvalue weighted by molar-refractivity contribution is 8.00. The first-order chi connectivity index (χ1) is 22.2. The van der Waals surface area contributed by atoms with Crippen molar-refractivity contribution in [3.8, 4) is 0 Å². The number of carbonyl (C=O) groups excluding carboxylic acids is 3. The van der Waals surface area contributed by atoms with E-state index in [0.29, 0.717) is 36.7 Å². The lowest BCUT2D eigenvalue weighted by atomic mass is 9.44. The van der Waals surface area contributed by atoms with E-state index >= 15 is 0 Å². The minimum Gasteiger partial charge on any atom is -0.461 e. The SMILES string of the molecule is C=C[C@]1(C)C[C@@H](OC(=O)CSC2CC3(CCN(C(=O)[C@H](N)c4ccc(F)cc4)CC3)C2)[C@]2(C)C(C)CC[C@]3(CCC(=O)C32)[C@@H](C)[C@@H]1O. The standard InChI is InChI=1S/C38H53FN2O5S/c1-6-35(4)21-29(36(5)23(2)11-13-38(24(3)33(35)44)14-12-28(42)32(36)38)46-30(43)22-47-27-19-37(20-27)15-17-41(18-16-37)34(45)31(40)25-7-9-26(39)10-8-25/h6-10,23-24,27,29,31-33,44H,1,11-22,40H2,2-5H3/t23?,24-,29+,31+,32?,33-,35+,36-,38-/m0/s1. The van der Waals surface area contributed by atoms with Crippen molar-refractivity contribution in [1.29, 1.82) is 0 Å². The van der Waals surface area contributed by atoms with E-state index in [-0.39, 0.29) is 57.8 Å². The van der Waals surface area contributed by atoms with Crippen LogP contribution in [-0.2, 0) is 19.1 Å². The van der Waals surface area contributed by atoms with Crippen LogP contribution in [0.2, 0.25) is 0 Å². The van der Waals surface area contributed by atoms with Crippen LogP contribution < -0.4 is 5.73 Å². The lowest BCUT2D eigenvalue weighted by molar-refractivity contribution is -0.205. The number of rotatable bonds is 7. The normalized spacial score (nSPS) is 38.9. The van der Waals surface area contributed by atoms with Gasteiger partial charge in [0.05, 0.1) is 11.9 Å². The molecule has 1 saturated heterocycles. The van der Waals surface area contributed by atoms with Crippen LogP contribution in [0.1, 0.15) is 97.1 Å². The van der Waals surface area contributed by atoms with Gasteiger partial charge in [-0.25, -0.2) is 4.39 Å². The van der Waals surface area contributed by atoms with Crippen molar-refractivity contribution in [3.63, 3.8) is 0 Å². The van der Waals surface area contributed by atoms with Crippen LogP contribution in [0.4, 0.5) is 4.39 Å². The summed E-state index contributed by atoms with van der Waals surface area (Å²) in [7, 11) is 0. The molecule has 6 rings (SSSR count). The van der Waals surface area contributed by atoms with Gasteiger partial charge >= 0.3 is 5.97 Å². The van der Waals surface area contributed by atoms with Gasteiger partial charge in [-0.05, 0) is 91.7 Å². The van der Waals surface area contributed by atoms with Gasteiger partial charge < -0.3 is 20.5 Å². The van der Waals surface area contributed by atoms with Gasteiger partial charge in [-0.3, -0.25) is 14.4 Å². The van der Waals surface area contributed by atoms with E-state index in [1.807, 2.05) is 17.9 Å². The summed E-state index contributed by atoms with van der Waals surface area (Å²) in [5.41, 5.74) is 5.60. The molecule has 9 atom stereocenters. The molecule has 3 N–H and O–H groups in total. The van der Waals surface area contributed by atoms with Crippen LogP contribution in [0.5, 0.6) is 0 Å². The second kappa shape index (κ2) is 12.6. The van der Waals surface area contributed by atoms with E-state index < -0.39 is 29.1 Å². The maximum absolute atomic E-state index is 13.6. The summed E-state index contributed by atoms with van der Waals surface area (Å²) in [5, 5.41) is 12.1. The number of ether oxygens (including phenoxy) is 1. The van der Waals surface area contributed by atoms with E-state index in [4.69, 9.17) is 10.5 Å². The first-order valence-electron chi connectivity index (χ1n) is 17.6. The Hall–Kier alpha value is -2.23. The third-order valence-corrected chi connectivity index (χ3v) is 15.2. The van der Waals surface area contributed by atoms with Crippen molar-refractivity contribution < 1.29 is 28.6 Å². The van der Waals surface area contributed by atoms with Crippen molar-refractivity contribution in [2.24, 2.45) is 45.1 Å². The van der Waals surface area contributed by atoms with Gasteiger partial charge in [-0.2, -0.15) is 0 Å². The number of nitrogens with two attached hydrogens (primary N) is 1. The number of carbonyl (C=O) groups is 3. The largest absolute Gasteiger partial charge is 0.461 e. The summed E-state index contributed by atoms with van der Waals surface area (Å²) in [4.78, 5) is 42.1. The molecule has 0 radical (unpaired) electrons. The zero-order chi connectivity index (χ0) is 33.9. The van der Waals surface area contributed by atoms with E-state index in [1.54, 1.807) is 23.9 Å². The minimum absolute atomic E-state index is 0.0524. The third-order valence-electron chi connectivity index (χ3n) is 14.0. The Labute approximate surface area is 283 Å². The number of amides is 1. The highest BCUT2D eigenvalue weighted by Crippen LogP contribution is 2.68. The molecule has 1 amide bonds. The molecule has 9 heteroatoms. The zero-order valence-corrected chi connectivity index (χ0v) is 29.3. The molecule has 1 aliphatic heterocycles. The zero-order valence-electron chi connectivity index (χ0n) is 28.5. The van der Waals surface area contributed by atoms with Gasteiger partial charge in [0.1, 0.15) is 23.7 Å². The molecule has 7 nitrogen and oxygen atoms in total. The summed E-state index contributed by atoms with van der Waals surface area (Å²) in [6.45, 7) is 13.9. The number of piperidine rings is 1. The fraction of sp³-hybridized carbons (Fsp3) is 0.711. The van der Waals surface area contributed by atoms with E-state index in [0.717, 1.165) is 44.9 Å². The number of aliphatic hydroxyl groups excluding tert-OH is 1. The first kappa shape index (κ1) is 34.6. The van der Waals surface area contributed by atoms with Crippen molar-refractivity contribution in [3.05, 3.63) is 48.3 Å². The topological polar surface area (TPSA) is 110 Å². The second-order valence-electron chi connectivity index (χ2n) is 16.3. The molecule has 5 aliphatic rings. The molecule has 4 aliphatic carbocycles. The second-order valence-corrected chi connectivity index (χ2v) is 17.5. The lowest BCUT2D eigenvalue weighted by Gasteiger charge is -2.61. The fourth-order valence-electron chi connectivity index (χ4n) is 10.5. The molecule has 1 aromatic carbocycles. The molecule has 1 heterocycles. The predicted molar refractivity (Wildman–Crippen MR) is 182 cm³/mol. The maximum atomic E-state index is 13.6. The average Bonchev–Trinajstić information content (AvgIpc) is 3.40. The Morgan fingerprint density at radius 1 is 1.13 bits per heavy atom. The number of hydrogen-bond acceptors (Lipinski definition) is 7. The number of halogens is 1. The number of nitrogens with zero attached hydrogens (tertiary/aromatic N) is 1. The number of likely N-dealkylation sites (tertiary alicyclic amines) is 1. The molecule has 47 heavy (non-hydrogen) atoms. The minimum atomic E-state index is -0.795. The first-order valence-corrected chi connectivity index (χ1v) is 18.7. The van der Waals surface area contributed by atoms with Crippen molar-refractivity contribution in [2.75, 3.05) is 18.8 Å². The number of hydrogen-bond donors (Lipinski definition) is 2. The average molecular weight is 669 g/mol. The Morgan fingerprint density at radius 2 is 1.79 bits per heavy atom. The van der Waals surface area contributed by atoms with E-state index in [1.165, 1.54) is 12.1 Å². The molecule has 258 valence electrons. The van der Waals surface area contributed by atoms with Crippen LogP contribution in [0.15, 0.2) is 36.9 Å². The van der Waals surface area contributed by atoms with Gasteiger partial charge in [-0.1, -0.05) is 45.9 Å². The van der Waals surface area contributed by atoms with Crippen LogP contribution in [0, 0.1) is 45.2 Å². The smallest absolute Gasteiger partial charge is 0.316 e. The molecular formula is C38H53FN2O5S. The van der Waals surface area contributed by atoms with Crippen LogP contribution >= 0.6 is 11.8 Å². The Kier molecular flexibility index (Phi) is 9.27. The highest BCUT2D eigenvalue weighted by atomic mass is 32.2. The van der Waals surface area contributed by atoms with Crippen LogP contribution in [-0.4, -0.2) is 64.0 Å². The third kappa shape index (κ3) is 5.80. The van der Waals surface area contributed by atoms with Gasteiger partial charge in [-0.15, -0.1) is 18.3 Å². The number of aliphatic hydroxyl groups is 1. The molecule has 4 saturated carbocycles. The monoisotopic (exact) mass is 668 g/mol. The summed E-state index contributed by atoms with van der Waals surface area (Å²) in [6.07, 6.45) is 8.15. The summed E-state index contributed by atoms with van der Waals surface area (Å²) in [6, 6.07) is 5.00. The molecule has 1 spiro atoms.